The minimum atomic E-state index is -4.03. The molecular weight excluding hydrogens is 566 g/mol. The van der Waals surface area contributed by atoms with Gasteiger partial charge in [-0.3, -0.25) is 4.72 Å². The minimum absolute atomic E-state index is 0.00347. The summed E-state index contributed by atoms with van der Waals surface area (Å²) in [5.41, 5.74) is 1.97. The number of aromatic hydroxyl groups is 1. The number of nitrogens with one attached hydrogen (secondary N) is 2. The van der Waals surface area contributed by atoms with Crippen molar-refractivity contribution in [3.63, 3.8) is 0 Å². The van der Waals surface area contributed by atoms with Crippen molar-refractivity contribution < 1.29 is 28.2 Å². The summed E-state index contributed by atoms with van der Waals surface area (Å²) in [6.45, 7) is 0.966. The molecule has 0 saturated carbocycles. The Bertz CT molecular complexity index is 1890. The van der Waals surface area contributed by atoms with E-state index in [1.807, 2.05) is 49.5 Å². The number of methoxy groups -OCH3 is 1. The van der Waals surface area contributed by atoms with Crippen LogP contribution in [0.1, 0.15) is 12.0 Å². The van der Waals surface area contributed by atoms with Crippen molar-refractivity contribution in [3.05, 3.63) is 96.6 Å². The van der Waals surface area contributed by atoms with Crippen LogP contribution in [0.25, 0.3) is 32.7 Å². The predicted molar refractivity (Wildman–Crippen MR) is 169 cm³/mol. The summed E-state index contributed by atoms with van der Waals surface area (Å²) in [6, 6.07) is 26.0. The van der Waals surface area contributed by atoms with Crippen LogP contribution >= 0.6 is 0 Å². The lowest BCUT2D eigenvalue weighted by Gasteiger charge is -2.25. The molecule has 0 fully saturated rings. The Morgan fingerprint density at radius 1 is 0.907 bits per heavy atom. The molecule has 0 bridgehead atoms. The Labute approximate surface area is 250 Å². The molecule has 0 heterocycles. The Morgan fingerprint density at radius 2 is 1.58 bits per heavy atom. The monoisotopic (exact) mass is 599 g/mol. The largest absolute Gasteiger partial charge is 0.507 e. The third kappa shape index (κ3) is 6.20. The second kappa shape index (κ2) is 12.6. The van der Waals surface area contributed by atoms with Crippen molar-refractivity contribution >= 4 is 43.3 Å². The van der Waals surface area contributed by atoms with E-state index >= 15 is 0 Å². The first-order chi connectivity index (χ1) is 20.7. The summed E-state index contributed by atoms with van der Waals surface area (Å²) in [7, 11) is -0.708. The van der Waals surface area contributed by atoms with Crippen LogP contribution in [-0.4, -0.2) is 56.9 Å². The van der Waals surface area contributed by atoms with Crippen LogP contribution < -0.4 is 14.8 Å². The highest BCUT2D eigenvalue weighted by molar-refractivity contribution is 7.92. The highest BCUT2D eigenvalue weighted by Gasteiger charge is 2.24. The number of fused-ring (bicyclic) bond motifs is 2. The molecule has 0 atom stereocenters. The number of sulfonamides is 1. The van der Waals surface area contributed by atoms with Gasteiger partial charge < -0.3 is 25.2 Å². The molecule has 5 aromatic carbocycles. The molecule has 222 valence electrons. The number of anilines is 1. The molecule has 0 aromatic heterocycles. The summed E-state index contributed by atoms with van der Waals surface area (Å²) in [5, 5.41) is 27.3. The SMILES string of the molecule is CNCCCN(Cc1c(-c2c(O)ccc3ccccc23)cc(NS(=O)(=O)c2ccc(OC)cc2)c2ccccc12)C(=O)O. The molecule has 0 saturated heterocycles. The zero-order valence-electron chi connectivity index (χ0n) is 23.9. The number of benzene rings is 5. The first kappa shape index (κ1) is 29.7. The van der Waals surface area contributed by atoms with Crippen molar-refractivity contribution in [2.75, 3.05) is 32.0 Å². The zero-order valence-corrected chi connectivity index (χ0v) is 24.7. The van der Waals surface area contributed by atoms with E-state index in [4.69, 9.17) is 4.74 Å². The van der Waals surface area contributed by atoms with Gasteiger partial charge >= 0.3 is 6.09 Å². The van der Waals surface area contributed by atoms with E-state index in [0.717, 1.165) is 10.8 Å². The third-order valence-corrected chi connectivity index (χ3v) is 8.80. The topological polar surface area (TPSA) is 128 Å². The third-order valence-electron chi connectivity index (χ3n) is 7.42. The average Bonchev–Trinajstić information content (AvgIpc) is 3.01. The molecule has 0 aliphatic rings. The van der Waals surface area contributed by atoms with Crippen LogP contribution in [-0.2, 0) is 16.6 Å². The van der Waals surface area contributed by atoms with Crippen LogP contribution in [0.15, 0.2) is 95.9 Å². The van der Waals surface area contributed by atoms with Crippen molar-refractivity contribution in [3.8, 4) is 22.6 Å². The van der Waals surface area contributed by atoms with Gasteiger partial charge in [-0.1, -0.05) is 54.6 Å². The lowest BCUT2D eigenvalue weighted by molar-refractivity contribution is 0.142. The molecule has 4 N–H and O–H groups in total. The summed E-state index contributed by atoms with van der Waals surface area (Å²) >= 11 is 0. The number of carbonyl (C=O) groups is 1. The van der Waals surface area contributed by atoms with Gasteiger partial charge in [0.25, 0.3) is 10.0 Å². The van der Waals surface area contributed by atoms with Crippen LogP contribution in [0.5, 0.6) is 11.5 Å². The molecule has 0 radical (unpaired) electrons. The van der Waals surface area contributed by atoms with Crippen LogP contribution in [0.2, 0.25) is 0 Å². The highest BCUT2D eigenvalue weighted by atomic mass is 32.2. The van der Waals surface area contributed by atoms with Crippen molar-refractivity contribution in [2.45, 2.75) is 17.9 Å². The van der Waals surface area contributed by atoms with Gasteiger partial charge in [-0.15, -0.1) is 0 Å². The van der Waals surface area contributed by atoms with Gasteiger partial charge in [0.2, 0.25) is 0 Å². The van der Waals surface area contributed by atoms with E-state index in [2.05, 4.69) is 10.0 Å². The number of rotatable bonds is 11. The van der Waals surface area contributed by atoms with Gasteiger partial charge in [0.15, 0.2) is 0 Å². The number of hydrogen-bond acceptors (Lipinski definition) is 6. The number of nitrogens with zero attached hydrogens (tertiary/aromatic N) is 1. The summed E-state index contributed by atoms with van der Waals surface area (Å²) in [6.07, 6.45) is -0.465. The highest BCUT2D eigenvalue weighted by Crippen LogP contribution is 2.43. The molecule has 43 heavy (non-hydrogen) atoms. The Morgan fingerprint density at radius 3 is 2.26 bits per heavy atom. The van der Waals surface area contributed by atoms with Gasteiger partial charge in [0.1, 0.15) is 11.5 Å². The van der Waals surface area contributed by atoms with Crippen LogP contribution in [0.4, 0.5) is 10.5 Å². The van der Waals surface area contributed by atoms with Crippen molar-refractivity contribution in [1.29, 1.82) is 0 Å². The van der Waals surface area contributed by atoms with Crippen molar-refractivity contribution in [1.82, 2.24) is 10.2 Å². The maximum absolute atomic E-state index is 13.6. The molecule has 1 amide bonds. The lowest BCUT2D eigenvalue weighted by Crippen LogP contribution is -2.31. The molecule has 0 spiro atoms. The van der Waals surface area contributed by atoms with E-state index in [1.165, 1.54) is 24.1 Å². The van der Waals surface area contributed by atoms with E-state index in [1.54, 1.807) is 36.4 Å². The van der Waals surface area contributed by atoms with Gasteiger partial charge in [-0.05, 0) is 83.7 Å². The normalized spacial score (nSPS) is 11.5. The molecule has 0 aliphatic heterocycles. The zero-order chi connectivity index (χ0) is 30.6. The molecule has 9 nitrogen and oxygen atoms in total. The second-order valence-electron chi connectivity index (χ2n) is 10.1. The maximum Gasteiger partial charge on any atom is 0.407 e. The quantitative estimate of drug-likeness (QED) is 0.132. The molecule has 5 rings (SSSR count). The van der Waals surface area contributed by atoms with Gasteiger partial charge in [0.05, 0.1) is 24.2 Å². The van der Waals surface area contributed by atoms with E-state index in [9.17, 15) is 23.4 Å². The van der Waals surface area contributed by atoms with E-state index in [0.29, 0.717) is 51.9 Å². The second-order valence-corrected chi connectivity index (χ2v) is 11.8. The summed E-state index contributed by atoms with van der Waals surface area (Å²) < 4.78 is 35.1. The molecule has 0 aliphatic carbocycles. The summed E-state index contributed by atoms with van der Waals surface area (Å²) in [5.74, 6) is 0.524. The molecule has 5 aromatic rings. The predicted octanol–water partition coefficient (Wildman–Crippen LogP) is 6.26. The number of phenolic OH excluding ortho intramolecular Hbond substituents is 1. The fourth-order valence-electron chi connectivity index (χ4n) is 5.29. The number of ether oxygens (including phenoxy) is 1. The number of hydrogen-bond donors (Lipinski definition) is 4. The van der Waals surface area contributed by atoms with Crippen molar-refractivity contribution in [2.24, 2.45) is 0 Å². The smallest absolute Gasteiger partial charge is 0.407 e. The molecule has 0 unspecified atom stereocenters. The Kier molecular flexibility index (Phi) is 8.70. The Balaban J connectivity index is 1.75. The average molecular weight is 600 g/mol. The van der Waals surface area contributed by atoms with Crippen LogP contribution in [0.3, 0.4) is 0 Å². The van der Waals surface area contributed by atoms with Gasteiger partial charge in [-0.2, -0.15) is 0 Å². The fraction of sp³-hybridized carbons (Fsp3) is 0.182. The number of phenols is 1. The van der Waals surface area contributed by atoms with Gasteiger partial charge in [0, 0.05) is 17.5 Å². The van der Waals surface area contributed by atoms with E-state index < -0.39 is 16.1 Å². The first-order valence-electron chi connectivity index (χ1n) is 13.8. The number of amides is 1. The molecule has 10 heteroatoms. The van der Waals surface area contributed by atoms with Gasteiger partial charge in [-0.25, -0.2) is 13.2 Å². The Hall–Kier alpha value is -4.80. The fourth-order valence-corrected chi connectivity index (χ4v) is 6.37. The maximum atomic E-state index is 13.6. The van der Waals surface area contributed by atoms with E-state index in [-0.39, 0.29) is 23.7 Å². The minimum Gasteiger partial charge on any atom is -0.507 e. The number of carboxylic acid groups (broad SMARTS) is 1. The standard InChI is InChI=1S/C33H33N3O6S/c1-34-18-7-19-36(33(38)39)21-29-26-10-5-6-11-27(26)30(35-43(40,41)24-15-13-23(42-2)14-16-24)20-28(29)32-25-9-4-3-8-22(25)12-17-31(32)37/h3-6,8-17,20,34-35,37H,7,18-19,21H2,1-2H3,(H,38,39). The first-order valence-corrected chi connectivity index (χ1v) is 15.3. The van der Waals surface area contributed by atoms with Crippen LogP contribution in [0, 0.1) is 0 Å². The molecular formula is C33H33N3O6S. The lowest BCUT2D eigenvalue weighted by atomic mass is 9.89. The summed E-state index contributed by atoms with van der Waals surface area (Å²) in [4.78, 5) is 13.8.